The van der Waals surface area contributed by atoms with Crippen molar-refractivity contribution < 1.29 is 28.8 Å². The number of halogens is 1. The van der Waals surface area contributed by atoms with E-state index in [0.29, 0.717) is 11.5 Å². The van der Waals surface area contributed by atoms with Crippen LogP contribution in [-0.4, -0.2) is 54.2 Å². The summed E-state index contributed by atoms with van der Waals surface area (Å²) in [6.45, 7) is 1.70. The standard InChI is InChI=1S/C24H22BrNO6/c25-15-1-3-16(4-2-15)29-11-21(28)32-24-18(27)7-13-5-6-26-10-14-8-19-20(31-12-30-19)9-17(14)22(24)23(13)26/h1-4,7-9,18,22-24,27H,5-6,10-12H2. The van der Waals surface area contributed by atoms with E-state index >= 15 is 0 Å². The Morgan fingerprint density at radius 2 is 1.97 bits per heavy atom. The highest BCUT2D eigenvalue weighted by Crippen LogP contribution is 2.50. The lowest BCUT2D eigenvalue weighted by molar-refractivity contribution is -0.159. The maximum atomic E-state index is 12.7. The summed E-state index contributed by atoms with van der Waals surface area (Å²) < 4.78 is 23.5. The highest BCUT2D eigenvalue weighted by Gasteiger charge is 2.50. The largest absolute Gasteiger partial charge is 0.482 e. The summed E-state index contributed by atoms with van der Waals surface area (Å²) in [5, 5.41) is 10.9. The van der Waals surface area contributed by atoms with E-state index in [1.54, 1.807) is 12.1 Å². The van der Waals surface area contributed by atoms with Gasteiger partial charge in [0.15, 0.2) is 18.1 Å². The number of hydrogen-bond donors (Lipinski definition) is 1. The van der Waals surface area contributed by atoms with Crippen molar-refractivity contribution in [3.8, 4) is 17.2 Å². The van der Waals surface area contributed by atoms with Gasteiger partial charge in [-0.3, -0.25) is 4.90 Å². The van der Waals surface area contributed by atoms with Crippen LogP contribution in [0.5, 0.6) is 17.2 Å². The zero-order chi connectivity index (χ0) is 21.8. The molecule has 7 nitrogen and oxygen atoms in total. The molecule has 4 atom stereocenters. The van der Waals surface area contributed by atoms with Gasteiger partial charge in [-0.15, -0.1) is 0 Å². The molecule has 0 amide bonds. The molecule has 4 unspecified atom stereocenters. The van der Waals surface area contributed by atoms with Crippen molar-refractivity contribution in [2.24, 2.45) is 0 Å². The number of aliphatic hydroxyl groups is 1. The molecule has 1 aliphatic carbocycles. The molecule has 1 fully saturated rings. The van der Waals surface area contributed by atoms with Gasteiger partial charge in [0.2, 0.25) is 6.79 Å². The third kappa shape index (κ3) is 3.37. The van der Waals surface area contributed by atoms with Gasteiger partial charge in [-0.05, 0) is 53.9 Å². The third-order valence-corrected chi connectivity index (χ3v) is 7.21. The molecule has 6 rings (SSSR count). The fraction of sp³-hybridized carbons (Fsp3) is 0.375. The molecule has 1 saturated heterocycles. The van der Waals surface area contributed by atoms with Crippen molar-refractivity contribution in [2.45, 2.75) is 37.1 Å². The number of ether oxygens (including phenoxy) is 4. The second-order valence-corrected chi connectivity index (χ2v) is 9.44. The number of fused-ring (bicyclic) bond motifs is 3. The molecule has 0 saturated carbocycles. The first-order valence-electron chi connectivity index (χ1n) is 10.7. The first kappa shape index (κ1) is 20.1. The predicted octanol–water partition coefficient (Wildman–Crippen LogP) is 3.14. The molecular formula is C24H22BrNO6. The van der Waals surface area contributed by atoms with Crippen molar-refractivity contribution in [1.82, 2.24) is 4.90 Å². The maximum Gasteiger partial charge on any atom is 0.344 e. The van der Waals surface area contributed by atoms with Crippen molar-refractivity contribution in [1.29, 1.82) is 0 Å². The van der Waals surface area contributed by atoms with Crippen LogP contribution in [0.25, 0.3) is 0 Å². The van der Waals surface area contributed by atoms with Crippen LogP contribution in [0.4, 0.5) is 0 Å². The molecule has 0 radical (unpaired) electrons. The second kappa shape index (κ2) is 7.79. The number of aliphatic hydroxyl groups excluding tert-OH is 1. The first-order valence-corrected chi connectivity index (χ1v) is 11.5. The summed E-state index contributed by atoms with van der Waals surface area (Å²) in [6.07, 6.45) is 1.20. The minimum Gasteiger partial charge on any atom is -0.482 e. The summed E-state index contributed by atoms with van der Waals surface area (Å²) in [4.78, 5) is 15.1. The van der Waals surface area contributed by atoms with Crippen LogP contribution in [0.1, 0.15) is 23.5 Å². The summed E-state index contributed by atoms with van der Waals surface area (Å²) in [6, 6.07) is 11.4. The third-order valence-electron chi connectivity index (χ3n) is 6.68. The zero-order valence-corrected chi connectivity index (χ0v) is 18.8. The Labute approximate surface area is 193 Å². The fourth-order valence-corrected chi connectivity index (χ4v) is 5.60. The second-order valence-electron chi connectivity index (χ2n) is 8.52. The SMILES string of the molecule is O=C(COc1ccc(Br)cc1)OC1C(O)C=C2CCN3Cc4cc5c(cc4C1C23)OCO5. The maximum absolute atomic E-state index is 12.7. The molecule has 8 heteroatoms. The Morgan fingerprint density at radius 3 is 2.78 bits per heavy atom. The van der Waals surface area contributed by atoms with Crippen molar-refractivity contribution in [2.75, 3.05) is 19.9 Å². The average molecular weight is 500 g/mol. The quantitative estimate of drug-likeness (QED) is 0.511. The van der Waals surface area contributed by atoms with Crippen molar-refractivity contribution in [3.63, 3.8) is 0 Å². The molecular weight excluding hydrogens is 478 g/mol. The number of carbonyl (C=O) groups excluding carboxylic acids is 1. The highest BCUT2D eigenvalue weighted by atomic mass is 79.9. The monoisotopic (exact) mass is 499 g/mol. The molecule has 0 bridgehead atoms. The number of nitrogens with zero attached hydrogens (tertiary/aromatic N) is 1. The summed E-state index contributed by atoms with van der Waals surface area (Å²) in [7, 11) is 0. The molecule has 2 aromatic rings. The van der Waals surface area contributed by atoms with Crippen LogP contribution >= 0.6 is 15.9 Å². The van der Waals surface area contributed by atoms with Crippen LogP contribution < -0.4 is 14.2 Å². The van der Waals surface area contributed by atoms with Gasteiger partial charge in [0.05, 0.1) is 0 Å². The first-order chi connectivity index (χ1) is 15.6. The fourth-order valence-electron chi connectivity index (χ4n) is 5.33. The van der Waals surface area contributed by atoms with Gasteiger partial charge in [-0.25, -0.2) is 4.79 Å². The molecule has 166 valence electrons. The average Bonchev–Trinajstić information content (AvgIpc) is 3.41. The van der Waals surface area contributed by atoms with Crippen LogP contribution in [0.2, 0.25) is 0 Å². The normalized spacial score (nSPS) is 27.4. The lowest BCUT2D eigenvalue weighted by Gasteiger charge is -2.45. The lowest BCUT2D eigenvalue weighted by Crippen LogP contribution is -2.51. The van der Waals surface area contributed by atoms with Gasteiger partial charge in [0.25, 0.3) is 0 Å². The van der Waals surface area contributed by atoms with Crippen LogP contribution in [0, 0.1) is 0 Å². The molecule has 2 aromatic carbocycles. The Hall–Kier alpha value is -2.55. The number of esters is 1. The van der Waals surface area contributed by atoms with Crippen LogP contribution in [0.3, 0.4) is 0 Å². The lowest BCUT2D eigenvalue weighted by atomic mass is 9.73. The summed E-state index contributed by atoms with van der Waals surface area (Å²) in [5.41, 5.74) is 3.39. The van der Waals surface area contributed by atoms with E-state index in [9.17, 15) is 9.90 Å². The molecule has 3 heterocycles. The zero-order valence-electron chi connectivity index (χ0n) is 17.2. The topological polar surface area (TPSA) is 77.5 Å². The Morgan fingerprint density at radius 1 is 1.19 bits per heavy atom. The number of rotatable bonds is 4. The van der Waals surface area contributed by atoms with Crippen molar-refractivity contribution >= 4 is 21.9 Å². The Balaban J connectivity index is 1.28. The molecule has 3 aliphatic heterocycles. The molecule has 1 N–H and O–H groups in total. The van der Waals surface area contributed by atoms with Gasteiger partial charge >= 0.3 is 5.97 Å². The summed E-state index contributed by atoms with van der Waals surface area (Å²) >= 11 is 3.38. The minimum absolute atomic E-state index is 0.108. The van der Waals surface area contributed by atoms with E-state index in [1.165, 1.54) is 5.57 Å². The van der Waals surface area contributed by atoms with E-state index in [4.69, 9.17) is 18.9 Å². The molecule has 4 aliphatic rings. The Kier molecular flexibility index (Phi) is 4.89. The van der Waals surface area contributed by atoms with Gasteiger partial charge in [0.1, 0.15) is 18.0 Å². The van der Waals surface area contributed by atoms with Gasteiger partial charge < -0.3 is 24.1 Å². The van der Waals surface area contributed by atoms with E-state index in [1.807, 2.05) is 30.3 Å². The highest BCUT2D eigenvalue weighted by molar-refractivity contribution is 9.10. The Bertz CT molecular complexity index is 1100. The molecule has 0 aromatic heterocycles. The predicted molar refractivity (Wildman–Crippen MR) is 118 cm³/mol. The van der Waals surface area contributed by atoms with Crippen molar-refractivity contribution in [3.05, 3.63) is 63.6 Å². The number of benzene rings is 2. The van der Waals surface area contributed by atoms with Crippen LogP contribution in [-0.2, 0) is 16.1 Å². The number of hydrogen-bond acceptors (Lipinski definition) is 7. The van der Waals surface area contributed by atoms with Gasteiger partial charge in [-0.1, -0.05) is 27.6 Å². The minimum atomic E-state index is -0.876. The van der Waals surface area contributed by atoms with E-state index in [-0.39, 0.29) is 25.4 Å². The number of carbonyl (C=O) groups is 1. The molecule has 0 spiro atoms. The van der Waals surface area contributed by atoms with E-state index in [0.717, 1.165) is 40.9 Å². The molecule has 32 heavy (non-hydrogen) atoms. The van der Waals surface area contributed by atoms with Crippen LogP contribution in [0.15, 0.2) is 52.5 Å². The van der Waals surface area contributed by atoms with E-state index in [2.05, 4.69) is 20.8 Å². The van der Waals surface area contributed by atoms with E-state index < -0.39 is 18.2 Å². The van der Waals surface area contributed by atoms with Gasteiger partial charge in [-0.2, -0.15) is 0 Å². The summed E-state index contributed by atoms with van der Waals surface area (Å²) in [5.74, 6) is 1.33. The smallest absolute Gasteiger partial charge is 0.344 e. The van der Waals surface area contributed by atoms with Gasteiger partial charge in [0, 0.05) is 29.5 Å².